The van der Waals surface area contributed by atoms with E-state index in [1.54, 1.807) is 0 Å². The van der Waals surface area contributed by atoms with Crippen LogP contribution in [0.3, 0.4) is 0 Å². The lowest BCUT2D eigenvalue weighted by Crippen LogP contribution is -2.25. The fourth-order valence-electron chi connectivity index (χ4n) is 1.99. The quantitative estimate of drug-likeness (QED) is 0.814. The van der Waals surface area contributed by atoms with Crippen LogP contribution in [0.25, 0.3) is 0 Å². The Balaban J connectivity index is 1.84. The van der Waals surface area contributed by atoms with E-state index in [1.807, 2.05) is 31.2 Å². The van der Waals surface area contributed by atoms with Gasteiger partial charge in [-0.1, -0.05) is 12.1 Å². The molecule has 0 spiro atoms. The van der Waals surface area contributed by atoms with Gasteiger partial charge < -0.3 is 15.2 Å². The molecule has 19 heavy (non-hydrogen) atoms. The highest BCUT2D eigenvalue weighted by atomic mass is 16.5. The Morgan fingerprint density at radius 3 is 2.84 bits per heavy atom. The van der Waals surface area contributed by atoms with Gasteiger partial charge in [0.2, 0.25) is 5.91 Å². The third-order valence-electron chi connectivity index (χ3n) is 3.12. The Hall–Kier alpha value is -2.04. The molecule has 5 heteroatoms. The molecule has 0 aliphatic heterocycles. The number of nitrogens with one attached hydrogen (secondary N) is 1. The zero-order valence-corrected chi connectivity index (χ0v) is 10.8. The summed E-state index contributed by atoms with van der Waals surface area (Å²) in [6.45, 7) is 2.90. The van der Waals surface area contributed by atoms with Crippen LogP contribution in [0, 0.1) is 11.8 Å². The van der Waals surface area contributed by atoms with E-state index < -0.39 is 11.9 Å². The number of hydrogen-bond acceptors (Lipinski definition) is 3. The minimum Gasteiger partial charge on any atom is -0.494 e. The van der Waals surface area contributed by atoms with Crippen LogP contribution in [-0.4, -0.2) is 23.6 Å². The molecule has 1 aliphatic rings. The maximum absolute atomic E-state index is 11.7. The Morgan fingerprint density at radius 2 is 2.21 bits per heavy atom. The highest BCUT2D eigenvalue weighted by molar-refractivity contribution is 5.89. The standard InChI is InChI=1S/C14H17NO4/c1-2-19-10-5-3-4-9(6-10)8-15-13(16)11-7-12(11)14(17)18/h3-6,11-12H,2,7-8H2,1H3,(H,15,16)(H,17,18). The van der Waals surface area contributed by atoms with Crippen molar-refractivity contribution in [3.63, 3.8) is 0 Å². The van der Waals surface area contributed by atoms with E-state index in [-0.39, 0.29) is 11.8 Å². The van der Waals surface area contributed by atoms with Crippen LogP contribution in [-0.2, 0) is 16.1 Å². The van der Waals surface area contributed by atoms with Gasteiger partial charge in [0.05, 0.1) is 18.4 Å². The van der Waals surface area contributed by atoms with Gasteiger partial charge in [-0.05, 0) is 31.0 Å². The van der Waals surface area contributed by atoms with E-state index in [9.17, 15) is 9.59 Å². The molecule has 1 saturated carbocycles. The van der Waals surface area contributed by atoms with E-state index in [0.29, 0.717) is 19.6 Å². The van der Waals surface area contributed by atoms with Crippen LogP contribution in [0.2, 0.25) is 0 Å². The summed E-state index contributed by atoms with van der Waals surface area (Å²) in [4.78, 5) is 22.4. The van der Waals surface area contributed by atoms with Crippen molar-refractivity contribution >= 4 is 11.9 Å². The van der Waals surface area contributed by atoms with E-state index in [2.05, 4.69) is 5.32 Å². The topological polar surface area (TPSA) is 75.6 Å². The first-order valence-corrected chi connectivity index (χ1v) is 6.34. The number of carboxylic acid groups (broad SMARTS) is 1. The fourth-order valence-corrected chi connectivity index (χ4v) is 1.99. The van der Waals surface area contributed by atoms with Crippen LogP contribution in [0.1, 0.15) is 18.9 Å². The second-order valence-corrected chi connectivity index (χ2v) is 4.59. The van der Waals surface area contributed by atoms with Gasteiger partial charge in [-0.25, -0.2) is 0 Å². The molecule has 0 radical (unpaired) electrons. The monoisotopic (exact) mass is 263 g/mol. The minimum atomic E-state index is -0.890. The summed E-state index contributed by atoms with van der Waals surface area (Å²) in [6, 6.07) is 7.48. The largest absolute Gasteiger partial charge is 0.494 e. The third kappa shape index (κ3) is 3.47. The Kier molecular flexibility index (Phi) is 4.04. The van der Waals surface area contributed by atoms with Gasteiger partial charge >= 0.3 is 5.97 Å². The van der Waals surface area contributed by atoms with Gasteiger partial charge in [-0.15, -0.1) is 0 Å². The summed E-state index contributed by atoms with van der Waals surface area (Å²) in [6.07, 6.45) is 0.445. The summed E-state index contributed by atoms with van der Waals surface area (Å²) < 4.78 is 5.37. The lowest BCUT2D eigenvalue weighted by molar-refractivity contribution is -0.140. The Labute approximate surface area is 111 Å². The van der Waals surface area contributed by atoms with Crippen molar-refractivity contribution in [2.45, 2.75) is 19.9 Å². The molecule has 0 saturated heterocycles. The van der Waals surface area contributed by atoms with E-state index >= 15 is 0 Å². The first kappa shape index (κ1) is 13.4. The number of carbonyl (C=O) groups is 2. The molecule has 1 amide bonds. The van der Waals surface area contributed by atoms with Crippen LogP contribution >= 0.6 is 0 Å². The molecule has 5 nitrogen and oxygen atoms in total. The van der Waals surface area contributed by atoms with Crippen LogP contribution in [0.5, 0.6) is 5.75 Å². The summed E-state index contributed by atoms with van der Waals surface area (Å²) in [5, 5.41) is 11.5. The molecular formula is C14H17NO4. The first-order chi connectivity index (χ1) is 9.11. The number of ether oxygens (including phenoxy) is 1. The second kappa shape index (κ2) is 5.73. The van der Waals surface area contributed by atoms with Crippen LogP contribution in [0.4, 0.5) is 0 Å². The minimum absolute atomic E-state index is 0.186. The maximum Gasteiger partial charge on any atom is 0.307 e. The summed E-state index contributed by atoms with van der Waals surface area (Å²) in [5.41, 5.74) is 0.937. The molecule has 2 atom stereocenters. The van der Waals surface area contributed by atoms with Gasteiger partial charge in [0, 0.05) is 6.54 Å². The predicted molar refractivity (Wildman–Crippen MR) is 68.7 cm³/mol. The third-order valence-corrected chi connectivity index (χ3v) is 3.12. The molecule has 102 valence electrons. The lowest BCUT2D eigenvalue weighted by Gasteiger charge is -2.07. The van der Waals surface area contributed by atoms with Crippen molar-refractivity contribution in [1.29, 1.82) is 0 Å². The van der Waals surface area contributed by atoms with Crippen LogP contribution < -0.4 is 10.1 Å². The van der Waals surface area contributed by atoms with Crippen molar-refractivity contribution < 1.29 is 19.4 Å². The molecule has 1 aliphatic carbocycles. The van der Waals surface area contributed by atoms with Crippen molar-refractivity contribution in [1.82, 2.24) is 5.32 Å². The number of aliphatic carboxylic acids is 1. The lowest BCUT2D eigenvalue weighted by atomic mass is 10.2. The van der Waals surface area contributed by atoms with Gasteiger partial charge in [-0.3, -0.25) is 9.59 Å². The molecule has 0 aromatic heterocycles. The van der Waals surface area contributed by atoms with Crippen molar-refractivity contribution in [3.05, 3.63) is 29.8 Å². The smallest absolute Gasteiger partial charge is 0.307 e. The number of amides is 1. The highest BCUT2D eigenvalue weighted by Crippen LogP contribution is 2.38. The zero-order valence-electron chi connectivity index (χ0n) is 10.8. The molecule has 1 aromatic rings. The van der Waals surface area contributed by atoms with Gasteiger partial charge in [0.1, 0.15) is 5.75 Å². The fraction of sp³-hybridized carbons (Fsp3) is 0.429. The summed E-state index contributed by atoms with van der Waals surface area (Å²) in [5.74, 6) is -1.18. The van der Waals surface area contributed by atoms with Gasteiger partial charge in [0.25, 0.3) is 0 Å². The first-order valence-electron chi connectivity index (χ1n) is 6.34. The van der Waals surface area contributed by atoms with Gasteiger partial charge in [0.15, 0.2) is 0 Å². The van der Waals surface area contributed by atoms with Crippen molar-refractivity contribution in [2.24, 2.45) is 11.8 Å². The summed E-state index contributed by atoms with van der Waals surface area (Å²) >= 11 is 0. The number of carboxylic acids is 1. The predicted octanol–water partition coefficient (Wildman–Crippen LogP) is 1.42. The normalized spacial score (nSPS) is 20.7. The van der Waals surface area contributed by atoms with E-state index in [1.165, 1.54) is 0 Å². The molecule has 2 N–H and O–H groups in total. The Morgan fingerprint density at radius 1 is 1.42 bits per heavy atom. The van der Waals surface area contributed by atoms with Crippen molar-refractivity contribution in [3.8, 4) is 5.75 Å². The number of hydrogen-bond donors (Lipinski definition) is 2. The van der Waals surface area contributed by atoms with Crippen LogP contribution in [0.15, 0.2) is 24.3 Å². The summed E-state index contributed by atoms with van der Waals surface area (Å²) in [7, 11) is 0. The second-order valence-electron chi connectivity index (χ2n) is 4.59. The van der Waals surface area contributed by atoms with E-state index in [0.717, 1.165) is 11.3 Å². The average molecular weight is 263 g/mol. The molecule has 0 bridgehead atoms. The molecule has 2 unspecified atom stereocenters. The number of benzene rings is 1. The van der Waals surface area contributed by atoms with Crippen molar-refractivity contribution in [2.75, 3.05) is 6.61 Å². The molecule has 1 aromatic carbocycles. The maximum atomic E-state index is 11.7. The molecule has 0 heterocycles. The highest BCUT2D eigenvalue weighted by Gasteiger charge is 2.48. The van der Waals surface area contributed by atoms with E-state index in [4.69, 9.17) is 9.84 Å². The molecular weight excluding hydrogens is 246 g/mol. The average Bonchev–Trinajstić information content (AvgIpc) is 3.17. The van der Waals surface area contributed by atoms with Gasteiger partial charge in [-0.2, -0.15) is 0 Å². The number of rotatable bonds is 6. The molecule has 1 fully saturated rings. The SMILES string of the molecule is CCOc1cccc(CNC(=O)C2CC2C(=O)O)c1. The number of carbonyl (C=O) groups excluding carboxylic acids is 1. The zero-order chi connectivity index (χ0) is 13.8. The Bertz CT molecular complexity index is 486. The molecule has 2 rings (SSSR count).